The molecule has 0 atom stereocenters. The lowest BCUT2D eigenvalue weighted by atomic mass is 10.2. The molecule has 0 bridgehead atoms. The Morgan fingerprint density at radius 3 is 2.83 bits per heavy atom. The normalized spacial score (nSPS) is 10.2. The van der Waals surface area contributed by atoms with Crippen molar-refractivity contribution in [1.82, 2.24) is 5.43 Å². The molecule has 0 saturated carbocycles. The predicted molar refractivity (Wildman–Crippen MR) is 75.4 cm³/mol. The largest absolute Gasteiger partial charge is 0.492 e. The fourth-order valence-electron chi connectivity index (χ4n) is 1.41. The molecule has 1 aromatic rings. The van der Waals surface area contributed by atoms with Gasteiger partial charge in [-0.3, -0.25) is 10.2 Å². The summed E-state index contributed by atoms with van der Waals surface area (Å²) < 4.78 is 6.47. The van der Waals surface area contributed by atoms with E-state index in [0.717, 1.165) is 23.7 Å². The summed E-state index contributed by atoms with van der Waals surface area (Å²) in [6.07, 6.45) is 3.06. The minimum atomic E-state index is -0.133. The Bertz CT molecular complexity index is 402. The van der Waals surface area contributed by atoms with Gasteiger partial charge in [-0.25, -0.2) is 5.84 Å². The number of rotatable bonds is 7. The van der Waals surface area contributed by atoms with Crippen molar-refractivity contribution in [3.63, 3.8) is 0 Å². The summed E-state index contributed by atoms with van der Waals surface area (Å²) in [5.74, 6) is 5.52. The minimum Gasteiger partial charge on any atom is -0.492 e. The molecular weight excluding hydrogens is 320 g/mol. The molecule has 0 spiro atoms. The average Bonchev–Trinajstić information content (AvgIpc) is 2.35. The Morgan fingerprint density at radius 1 is 1.39 bits per heavy atom. The second-order valence-electron chi connectivity index (χ2n) is 3.80. The molecule has 0 unspecified atom stereocenters. The monoisotopic (exact) mass is 334 g/mol. The number of carbonyl (C=O) groups is 1. The van der Waals surface area contributed by atoms with Crippen molar-refractivity contribution in [3.05, 3.63) is 27.7 Å². The van der Waals surface area contributed by atoms with E-state index in [2.05, 4.69) is 21.4 Å². The third kappa shape index (κ3) is 5.71. The molecule has 100 valence electrons. The van der Waals surface area contributed by atoms with Crippen molar-refractivity contribution < 1.29 is 9.53 Å². The highest BCUT2D eigenvalue weighted by Gasteiger charge is 2.02. The highest BCUT2D eigenvalue weighted by Crippen LogP contribution is 2.27. The fourth-order valence-corrected chi connectivity index (χ4v) is 2.14. The van der Waals surface area contributed by atoms with Crippen LogP contribution in [-0.2, 0) is 4.79 Å². The number of ether oxygens (including phenoxy) is 1. The van der Waals surface area contributed by atoms with E-state index >= 15 is 0 Å². The number of nitrogens with one attached hydrogen (secondary N) is 1. The van der Waals surface area contributed by atoms with Gasteiger partial charge in [0.1, 0.15) is 5.75 Å². The quantitative estimate of drug-likeness (QED) is 0.348. The summed E-state index contributed by atoms with van der Waals surface area (Å²) in [4.78, 5) is 10.9. The molecule has 0 aliphatic carbocycles. The molecule has 1 aromatic carbocycles. The summed E-state index contributed by atoms with van der Waals surface area (Å²) in [5.41, 5.74) is 2.10. The standard InChI is InChI=1S/C12H16BrClN2O2/c13-9-5-6-11(10(14)8-9)18-7-3-1-2-4-12(17)16-15/h5-6,8H,1-4,7,15H2,(H,16,17). The van der Waals surface area contributed by atoms with Gasteiger partial charge in [-0.1, -0.05) is 27.5 Å². The molecule has 18 heavy (non-hydrogen) atoms. The second kappa shape index (κ2) is 8.34. The van der Waals surface area contributed by atoms with E-state index in [1.807, 2.05) is 12.1 Å². The fraction of sp³-hybridized carbons (Fsp3) is 0.417. The first-order chi connectivity index (χ1) is 8.63. The van der Waals surface area contributed by atoms with Crippen LogP contribution in [0.15, 0.2) is 22.7 Å². The Balaban J connectivity index is 2.16. The molecule has 0 radical (unpaired) electrons. The zero-order chi connectivity index (χ0) is 13.4. The summed E-state index contributed by atoms with van der Waals surface area (Å²) in [7, 11) is 0. The van der Waals surface area contributed by atoms with Crippen LogP contribution in [0.4, 0.5) is 0 Å². The van der Waals surface area contributed by atoms with Crippen molar-refractivity contribution in [3.8, 4) is 5.75 Å². The summed E-state index contributed by atoms with van der Waals surface area (Å²) in [6, 6.07) is 5.50. The molecule has 0 saturated heterocycles. The van der Waals surface area contributed by atoms with Crippen LogP contribution >= 0.6 is 27.5 Å². The first-order valence-corrected chi connectivity index (χ1v) is 6.88. The van der Waals surface area contributed by atoms with Gasteiger partial charge in [-0.05, 0) is 37.5 Å². The molecule has 1 amide bonds. The molecule has 4 nitrogen and oxygen atoms in total. The number of benzene rings is 1. The Labute approximate surface area is 120 Å². The lowest BCUT2D eigenvalue weighted by molar-refractivity contribution is -0.121. The predicted octanol–water partition coefficient (Wildman–Crippen LogP) is 3.03. The highest BCUT2D eigenvalue weighted by atomic mass is 79.9. The van der Waals surface area contributed by atoms with Gasteiger partial charge >= 0.3 is 0 Å². The van der Waals surface area contributed by atoms with E-state index in [1.165, 1.54) is 0 Å². The molecular formula is C12H16BrClN2O2. The van der Waals surface area contributed by atoms with Crippen molar-refractivity contribution in [2.45, 2.75) is 25.7 Å². The van der Waals surface area contributed by atoms with Crippen LogP contribution in [0.3, 0.4) is 0 Å². The average molecular weight is 336 g/mol. The number of amides is 1. The van der Waals surface area contributed by atoms with E-state index in [0.29, 0.717) is 23.8 Å². The lowest BCUT2D eigenvalue weighted by Crippen LogP contribution is -2.29. The van der Waals surface area contributed by atoms with Crippen molar-refractivity contribution in [2.75, 3.05) is 6.61 Å². The number of halogens is 2. The summed E-state index contributed by atoms with van der Waals surface area (Å²) in [5, 5.41) is 0.590. The van der Waals surface area contributed by atoms with Crippen LogP contribution in [0.25, 0.3) is 0 Å². The zero-order valence-electron chi connectivity index (χ0n) is 9.92. The highest BCUT2D eigenvalue weighted by molar-refractivity contribution is 9.10. The van der Waals surface area contributed by atoms with Crippen LogP contribution in [0, 0.1) is 0 Å². The molecule has 0 aliphatic heterocycles. The number of carbonyl (C=O) groups excluding carboxylic acids is 1. The first-order valence-electron chi connectivity index (χ1n) is 5.71. The maximum Gasteiger partial charge on any atom is 0.233 e. The van der Waals surface area contributed by atoms with Crippen LogP contribution in [0.1, 0.15) is 25.7 Å². The molecule has 0 fully saturated rings. The number of hydrogen-bond acceptors (Lipinski definition) is 3. The smallest absolute Gasteiger partial charge is 0.233 e. The number of hydrogen-bond donors (Lipinski definition) is 2. The first kappa shape index (κ1) is 15.3. The van der Waals surface area contributed by atoms with Gasteiger partial charge in [0.25, 0.3) is 0 Å². The van der Waals surface area contributed by atoms with E-state index in [-0.39, 0.29) is 5.91 Å². The van der Waals surface area contributed by atoms with Gasteiger partial charge in [0.2, 0.25) is 5.91 Å². The Kier molecular flexibility index (Phi) is 7.08. The van der Waals surface area contributed by atoms with Crippen LogP contribution in [0.2, 0.25) is 5.02 Å². The number of unbranched alkanes of at least 4 members (excludes halogenated alkanes) is 2. The second-order valence-corrected chi connectivity index (χ2v) is 5.12. The maximum absolute atomic E-state index is 10.9. The van der Waals surface area contributed by atoms with Gasteiger partial charge in [0.15, 0.2) is 0 Å². The molecule has 1 rings (SSSR count). The van der Waals surface area contributed by atoms with Gasteiger partial charge in [-0.15, -0.1) is 0 Å². The van der Waals surface area contributed by atoms with Gasteiger partial charge in [-0.2, -0.15) is 0 Å². The third-order valence-electron chi connectivity index (χ3n) is 2.36. The zero-order valence-corrected chi connectivity index (χ0v) is 12.3. The van der Waals surface area contributed by atoms with Crippen molar-refractivity contribution >= 4 is 33.4 Å². The minimum absolute atomic E-state index is 0.133. The molecule has 6 heteroatoms. The molecule has 0 heterocycles. The Hall–Kier alpha value is -0.780. The van der Waals surface area contributed by atoms with Gasteiger partial charge in [0.05, 0.1) is 11.6 Å². The number of nitrogens with two attached hydrogens (primary N) is 1. The van der Waals surface area contributed by atoms with Gasteiger partial charge < -0.3 is 4.74 Å². The van der Waals surface area contributed by atoms with Crippen LogP contribution < -0.4 is 16.0 Å². The SMILES string of the molecule is NNC(=O)CCCCCOc1ccc(Br)cc1Cl. The van der Waals surface area contributed by atoms with E-state index in [9.17, 15) is 4.79 Å². The lowest BCUT2D eigenvalue weighted by Gasteiger charge is -2.08. The Morgan fingerprint density at radius 2 is 2.17 bits per heavy atom. The van der Waals surface area contributed by atoms with Crippen LogP contribution in [0.5, 0.6) is 5.75 Å². The van der Waals surface area contributed by atoms with Crippen molar-refractivity contribution in [2.24, 2.45) is 5.84 Å². The molecule has 3 N–H and O–H groups in total. The number of hydrazine groups is 1. The van der Waals surface area contributed by atoms with Crippen molar-refractivity contribution in [1.29, 1.82) is 0 Å². The maximum atomic E-state index is 10.9. The topological polar surface area (TPSA) is 64.3 Å². The van der Waals surface area contributed by atoms with Crippen LogP contribution in [-0.4, -0.2) is 12.5 Å². The third-order valence-corrected chi connectivity index (χ3v) is 3.15. The van der Waals surface area contributed by atoms with Gasteiger partial charge in [0, 0.05) is 10.9 Å². The van der Waals surface area contributed by atoms with E-state index in [4.69, 9.17) is 22.2 Å². The summed E-state index contributed by atoms with van der Waals surface area (Å²) >= 11 is 9.34. The summed E-state index contributed by atoms with van der Waals surface area (Å²) in [6.45, 7) is 0.589. The molecule has 0 aliphatic rings. The van der Waals surface area contributed by atoms with E-state index in [1.54, 1.807) is 6.07 Å². The van der Waals surface area contributed by atoms with E-state index < -0.39 is 0 Å². The molecule has 0 aromatic heterocycles.